The average molecular weight is 294 g/mol. The highest BCUT2D eigenvalue weighted by molar-refractivity contribution is 5.42. The maximum atomic E-state index is 6.41. The minimum Gasteiger partial charge on any atom is -0.497 e. The predicted octanol–water partition coefficient (Wildman–Crippen LogP) is 1.81. The summed E-state index contributed by atoms with van der Waals surface area (Å²) in [5.74, 6) is 1.56. The second-order valence-electron chi connectivity index (χ2n) is 5.35. The number of hydrogen-bond acceptors (Lipinski definition) is 5. The zero-order valence-corrected chi connectivity index (χ0v) is 13.2. The summed E-state index contributed by atoms with van der Waals surface area (Å²) < 4.78 is 16.2. The Morgan fingerprint density at radius 3 is 2.86 bits per heavy atom. The van der Waals surface area contributed by atoms with E-state index in [-0.39, 0.29) is 6.04 Å². The second-order valence-corrected chi connectivity index (χ2v) is 5.35. The van der Waals surface area contributed by atoms with Crippen LogP contribution in [0, 0.1) is 0 Å². The van der Waals surface area contributed by atoms with Crippen molar-refractivity contribution in [2.24, 2.45) is 5.73 Å². The van der Waals surface area contributed by atoms with E-state index >= 15 is 0 Å². The Morgan fingerprint density at radius 2 is 2.19 bits per heavy atom. The van der Waals surface area contributed by atoms with Crippen molar-refractivity contribution >= 4 is 0 Å². The molecule has 0 aliphatic carbocycles. The number of nitrogens with two attached hydrogens (primary N) is 1. The van der Waals surface area contributed by atoms with Crippen molar-refractivity contribution in [1.82, 2.24) is 4.90 Å². The molecule has 2 N–H and O–H groups in total. The Labute approximate surface area is 127 Å². The molecule has 1 fully saturated rings. The predicted molar refractivity (Wildman–Crippen MR) is 82.9 cm³/mol. The van der Waals surface area contributed by atoms with Crippen molar-refractivity contribution in [2.75, 3.05) is 40.5 Å². The van der Waals surface area contributed by atoms with Crippen molar-refractivity contribution < 1.29 is 14.2 Å². The van der Waals surface area contributed by atoms with Gasteiger partial charge in [0.05, 0.1) is 27.4 Å². The van der Waals surface area contributed by atoms with Gasteiger partial charge in [-0.1, -0.05) is 13.0 Å². The fraction of sp³-hybridized carbons (Fsp3) is 0.625. The summed E-state index contributed by atoms with van der Waals surface area (Å²) in [5.41, 5.74) is 7.42. The molecular weight excluding hydrogens is 268 g/mol. The first-order chi connectivity index (χ1) is 10.2. The standard InChI is InChI=1S/C16H26N2O3/c1-4-12-11-21-8-7-18(12)10-15(17)14-6-5-13(19-2)9-16(14)20-3/h5-6,9,12,15H,4,7-8,10-11,17H2,1-3H3. The van der Waals surface area contributed by atoms with E-state index in [1.807, 2.05) is 18.2 Å². The number of nitrogens with zero attached hydrogens (tertiary/aromatic N) is 1. The van der Waals surface area contributed by atoms with Gasteiger partial charge in [-0.25, -0.2) is 0 Å². The molecule has 5 heteroatoms. The van der Waals surface area contributed by atoms with Gasteiger partial charge in [0.15, 0.2) is 0 Å². The lowest BCUT2D eigenvalue weighted by atomic mass is 10.0. The van der Waals surface area contributed by atoms with Crippen molar-refractivity contribution in [3.63, 3.8) is 0 Å². The number of hydrogen-bond donors (Lipinski definition) is 1. The summed E-state index contributed by atoms with van der Waals surface area (Å²) in [6, 6.07) is 6.16. The average Bonchev–Trinajstić information content (AvgIpc) is 2.54. The van der Waals surface area contributed by atoms with Crippen molar-refractivity contribution in [3.8, 4) is 11.5 Å². The highest BCUT2D eigenvalue weighted by Gasteiger charge is 2.24. The minimum atomic E-state index is -0.0852. The summed E-state index contributed by atoms with van der Waals surface area (Å²) in [6.45, 7) is 5.51. The van der Waals surface area contributed by atoms with E-state index in [4.69, 9.17) is 19.9 Å². The Balaban J connectivity index is 2.10. The molecule has 1 aliphatic heterocycles. The van der Waals surface area contributed by atoms with Gasteiger partial charge in [0.1, 0.15) is 11.5 Å². The van der Waals surface area contributed by atoms with Crippen LogP contribution in [0.25, 0.3) is 0 Å². The first-order valence-corrected chi connectivity index (χ1v) is 7.48. The van der Waals surface area contributed by atoms with Crippen LogP contribution in [0.5, 0.6) is 11.5 Å². The molecule has 5 nitrogen and oxygen atoms in total. The van der Waals surface area contributed by atoms with Gasteiger partial charge in [0.2, 0.25) is 0 Å². The maximum absolute atomic E-state index is 6.41. The van der Waals surface area contributed by atoms with Gasteiger partial charge in [-0.05, 0) is 12.5 Å². The maximum Gasteiger partial charge on any atom is 0.127 e. The molecule has 0 amide bonds. The number of methoxy groups -OCH3 is 2. The van der Waals surface area contributed by atoms with Crippen LogP contribution in [-0.4, -0.2) is 51.5 Å². The lowest BCUT2D eigenvalue weighted by Gasteiger charge is -2.36. The summed E-state index contributed by atoms with van der Waals surface area (Å²) >= 11 is 0. The first kappa shape index (κ1) is 16.1. The molecule has 0 radical (unpaired) electrons. The lowest BCUT2D eigenvalue weighted by molar-refractivity contribution is -0.0111. The zero-order chi connectivity index (χ0) is 15.2. The van der Waals surface area contributed by atoms with Gasteiger partial charge in [-0.15, -0.1) is 0 Å². The summed E-state index contributed by atoms with van der Waals surface area (Å²) in [5, 5.41) is 0. The fourth-order valence-corrected chi connectivity index (χ4v) is 2.78. The van der Waals surface area contributed by atoms with Crippen molar-refractivity contribution in [1.29, 1.82) is 0 Å². The minimum absolute atomic E-state index is 0.0852. The van der Waals surface area contributed by atoms with E-state index in [1.165, 1.54) is 0 Å². The zero-order valence-electron chi connectivity index (χ0n) is 13.2. The number of morpholine rings is 1. The normalized spacial score (nSPS) is 21.0. The van der Waals surface area contributed by atoms with Crippen LogP contribution in [0.1, 0.15) is 24.9 Å². The largest absolute Gasteiger partial charge is 0.497 e. The fourth-order valence-electron chi connectivity index (χ4n) is 2.78. The molecule has 118 valence electrons. The molecule has 1 aromatic carbocycles. The molecule has 2 unspecified atom stereocenters. The smallest absolute Gasteiger partial charge is 0.127 e. The Morgan fingerprint density at radius 1 is 1.38 bits per heavy atom. The molecule has 2 rings (SSSR count). The van der Waals surface area contributed by atoms with E-state index in [2.05, 4.69) is 11.8 Å². The molecule has 2 atom stereocenters. The summed E-state index contributed by atoms with van der Waals surface area (Å²) in [7, 11) is 3.31. The summed E-state index contributed by atoms with van der Waals surface area (Å²) in [4.78, 5) is 2.41. The highest BCUT2D eigenvalue weighted by Crippen LogP contribution is 2.29. The van der Waals surface area contributed by atoms with Gasteiger partial charge in [-0.2, -0.15) is 0 Å². The van der Waals surface area contributed by atoms with Crippen LogP contribution in [-0.2, 0) is 4.74 Å². The van der Waals surface area contributed by atoms with Crippen LogP contribution >= 0.6 is 0 Å². The monoisotopic (exact) mass is 294 g/mol. The Bertz CT molecular complexity index is 453. The molecule has 0 aromatic heterocycles. The van der Waals surface area contributed by atoms with Crippen LogP contribution in [0.2, 0.25) is 0 Å². The molecule has 1 heterocycles. The van der Waals surface area contributed by atoms with Gasteiger partial charge >= 0.3 is 0 Å². The molecule has 0 saturated carbocycles. The third-order valence-corrected chi connectivity index (χ3v) is 4.09. The van der Waals surface area contributed by atoms with E-state index in [0.29, 0.717) is 6.04 Å². The molecule has 1 aliphatic rings. The van der Waals surface area contributed by atoms with Gasteiger partial charge in [0.25, 0.3) is 0 Å². The SMILES string of the molecule is CCC1COCCN1CC(N)c1ccc(OC)cc1OC. The van der Waals surface area contributed by atoms with Gasteiger partial charge in [-0.3, -0.25) is 4.90 Å². The summed E-state index contributed by atoms with van der Waals surface area (Å²) in [6.07, 6.45) is 1.08. The van der Waals surface area contributed by atoms with Crippen molar-refractivity contribution in [3.05, 3.63) is 23.8 Å². The van der Waals surface area contributed by atoms with Crippen molar-refractivity contribution in [2.45, 2.75) is 25.4 Å². The quantitative estimate of drug-likeness (QED) is 0.867. The lowest BCUT2D eigenvalue weighted by Crippen LogP contribution is -2.47. The first-order valence-electron chi connectivity index (χ1n) is 7.48. The third kappa shape index (κ3) is 3.87. The molecule has 1 aromatic rings. The van der Waals surface area contributed by atoms with E-state index in [9.17, 15) is 0 Å². The van der Waals surface area contributed by atoms with E-state index < -0.39 is 0 Å². The van der Waals surface area contributed by atoms with Crippen LogP contribution in [0.15, 0.2) is 18.2 Å². The van der Waals surface area contributed by atoms with Gasteiger partial charge in [0, 0.05) is 36.8 Å². The Kier molecular flexibility index (Phi) is 5.85. The molecule has 0 spiro atoms. The van der Waals surface area contributed by atoms with E-state index in [0.717, 1.165) is 49.8 Å². The Hall–Kier alpha value is -1.30. The molecule has 1 saturated heterocycles. The number of ether oxygens (including phenoxy) is 3. The number of benzene rings is 1. The van der Waals surface area contributed by atoms with Crippen LogP contribution < -0.4 is 15.2 Å². The molecular formula is C16H26N2O3. The molecule has 21 heavy (non-hydrogen) atoms. The number of rotatable bonds is 6. The molecule has 0 bridgehead atoms. The highest BCUT2D eigenvalue weighted by atomic mass is 16.5. The van der Waals surface area contributed by atoms with Gasteiger partial charge < -0.3 is 19.9 Å². The topological polar surface area (TPSA) is 57.0 Å². The third-order valence-electron chi connectivity index (χ3n) is 4.09. The second kappa shape index (κ2) is 7.64. The van der Waals surface area contributed by atoms with E-state index in [1.54, 1.807) is 14.2 Å². The van der Waals surface area contributed by atoms with Crippen LogP contribution in [0.4, 0.5) is 0 Å². The van der Waals surface area contributed by atoms with Crippen LogP contribution in [0.3, 0.4) is 0 Å².